The van der Waals surface area contributed by atoms with Crippen molar-refractivity contribution in [3.63, 3.8) is 0 Å². The zero-order valence-electron chi connectivity index (χ0n) is 18.5. The van der Waals surface area contributed by atoms with Crippen molar-refractivity contribution in [3.05, 3.63) is 53.9 Å². The molecule has 4 rings (SSSR count). The van der Waals surface area contributed by atoms with Gasteiger partial charge in [0.15, 0.2) is 5.76 Å². The predicted octanol–water partition coefficient (Wildman–Crippen LogP) is 3.86. The number of amides is 1. The Bertz CT molecular complexity index is 1100. The van der Waals surface area contributed by atoms with Gasteiger partial charge in [-0.3, -0.25) is 9.59 Å². The Balaban J connectivity index is 1.68. The normalized spacial score (nSPS) is 16.1. The van der Waals surface area contributed by atoms with Crippen molar-refractivity contribution >= 4 is 11.9 Å². The van der Waals surface area contributed by atoms with E-state index >= 15 is 0 Å². The Kier molecular flexibility index (Phi) is 6.30. The topological polar surface area (TPSA) is 86.8 Å². The zero-order valence-corrected chi connectivity index (χ0v) is 18.5. The van der Waals surface area contributed by atoms with E-state index < -0.39 is 0 Å². The second-order valence-electron chi connectivity index (χ2n) is 7.78. The molecule has 8 heteroatoms. The summed E-state index contributed by atoms with van der Waals surface area (Å²) >= 11 is 0. The number of methoxy groups -OCH3 is 1. The van der Waals surface area contributed by atoms with E-state index in [2.05, 4.69) is 5.10 Å². The first-order chi connectivity index (χ1) is 15.5. The molecule has 0 bridgehead atoms. The summed E-state index contributed by atoms with van der Waals surface area (Å²) in [5, 5.41) is 4.66. The van der Waals surface area contributed by atoms with Crippen LogP contribution in [0.1, 0.15) is 36.0 Å². The molecule has 0 aliphatic carbocycles. The predicted molar refractivity (Wildman–Crippen MR) is 118 cm³/mol. The molecule has 1 aliphatic heterocycles. The first-order valence-electron chi connectivity index (χ1n) is 10.8. The Morgan fingerprint density at radius 3 is 2.62 bits per heavy atom. The average Bonchev–Trinajstić information content (AvgIpc) is 3.45. The van der Waals surface area contributed by atoms with Gasteiger partial charge in [-0.25, -0.2) is 4.68 Å². The first-order valence-corrected chi connectivity index (χ1v) is 10.8. The van der Waals surface area contributed by atoms with Crippen LogP contribution in [0.3, 0.4) is 0 Å². The smallest absolute Gasteiger partial charge is 0.310 e. The molecule has 0 radical (unpaired) electrons. The quantitative estimate of drug-likeness (QED) is 0.544. The fourth-order valence-electron chi connectivity index (χ4n) is 3.92. The SMILES string of the molecule is CCOC(=O)C1CCCN(C(=O)c2cc(-c3ccc(C)o3)nn2-c2ccc(OC)cc2)C1. The number of likely N-dealkylation sites (tertiary alicyclic amines) is 1. The molecule has 1 atom stereocenters. The maximum absolute atomic E-state index is 13.6. The summed E-state index contributed by atoms with van der Waals surface area (Å²) in [7, 11) is 1.60. The Morgan fingerprint density at radius 2 is 1.97 bits per heavy atom. The zero-order chi connectivity index (χ0) is 22.7. The van der Waals surface area contributed by atoms with Crippen LogP contribution in [0.15, 0.2) is 46.9 Å². The van der Waals surface area contributed by atoms with Crippen LogP contribution in [0.4, 0.5) is 0 Å². The number of hydrogen-bond donors (Lipinski definition) is 0. The minimum absolute atomic E-state index is 0.183. The Hall–Kier alpha value is -3.55. The summed E-state index contributed by atoms with van der Waals surface area (Å²) in [6.45, 7) is 4.89. The van der Waals surface area contributed by atoms with E-state index in [9.17, 15) is 9.59 Å². The lowest BCUT2D eigenvalue weighted by Gasteiger charge is -2.31. The minimum Gasteiger partial charge on any atom is -0.497 e. The third kappa shape index (κ3) is 4.39. The lowest BCUT2D eigenvalue weighted by Crippen LogP contribution is -2.43. The number of rotatable bonds is 6. The molecule has 1 amide bonds. The van der Waals surface area contributed by atoms with Crippen LogP contribution in [0.2, 0.25) is 0 Å². The van der Waals surface area contributed by atoms with E-state index in [1.807, 2.05) is 43.3 Å². The molecule has 0 spiro atoms. The summed E-state index contributed by atoms with van der Waals surface area (Å²) in [6, 6.07) is 12.8. The van der Waals surface area contributed by atoms with Gasteiger partial charge in [-0.2, -0.15) is 5.10 Å². The summed E-state index contributed by atoms with van der Waals surface area (Å²) in [5.74, 6) is 1.32. The molecule has 1 saturated heterocycles. The molecule has 3 heterocycles. The number of nitrogens with zero attached hydrogens (tertiary/aromatic N) is 3. The number of piperidine rings is 1. The molecule has 1 aliphatic rings. The second-order valence-corrected chi connectivity index (χ2v) is 7.78. The number of carbonyl (C=O) groups excluding carboxylic acids is 2. The molecule has 2 aromatic heterocycles. The Labute approximate surface area is 186 Å². The third-order valence-corrected chi connectivity index (χ3v) is 5.57. The third-order valence-electron chi connectivity index (χ3n) is 5.57. The van der Waals surface area contributed by atoms with Crippen molar-refractivity contribution in [1.82, 2.24) is 14.7 Å². The molecule has 1 aromatic carbocycles. The monoisotopic (exact) mass is 437 g/mol. The lowest BCUT2D eigenvalue weighted by atomic mass is 9.98. The number of hydrogen-bond acceptors (Lipinski definition) is 6. The van der Waals surface area contributed by atoms with Crippen LogP contribution in [-0.4, -0.2) is 53.4 Å². The average molecular weight is 437 g/mol. The molecule has 1 fully saturated rings. The van der Waals surface area contributed by atoms with Gasteiger partial charge >= 0.3 is 5.97 Å². The van der Waals surface area contributed by atoms with E-state index in [4.69, 9.17) is 13.9 Å². The van der Waals surface area contributed by atoms with Gasteiger partial charge in [-0.15, -0.1) is 0 Å². The molecular formula is C24H27N3O5. The molecule has 168 valence electrons. The van der Waals surface area contributed by atoms with E-state index in [0.29, 0.717) is 42.6 Å². The van der Waals surface area contributed by atoms with Gasteiger partial charge in [-0.05, 0) is 63.1 Å². The fourth-order valence-corrected chi connectivity index (χ4v) is 3.92. The van der Waals surface area contributed by atoms with Crippen molar-refractivity contribution in [2.75, 3.05) is 26.8 Å². The summed E-state index contributed by atoms with van der Waals surface area (Å²) in [4.78, 5) is 27.5. The summed E-state index contributed by atoms with van der Waals surface area (Å²) in [5.41, 5.74) is 1.70. The van der Waals surface area contributed by atoms with E-state index in [1.54, 1.807) is 29.7 Å². The van der Waals surface area contributed by atoms with Crippen LogP contribution in [0.25, 0.3) is 17.1 Å². The largest absolute Gasteiger partial charge is 0.497 e. The van der Waals surface area contributed by atoms with Crippen molar-refractivity contribution in [3.8, 4) is 22.9 Å². The molecule has 0 saturated carbocycles. The van der Waals surface area contributed by atoms with Crippen molar-refractivity contribution < 1.29 is 23.5 Å². The first kappa shape index (κ1) is 21.7. The minimum atomic E-state index is -0.308. The summed E-state index contributed by atoms with van der Waals surface area (Å²) < 4.78 is 17.8. The van der Waals surface area contributed by atoms with Gasteiger partial charge in [-0.1, -0.05) is 0 Å². The van der Waals surface area contributed by atoms with Gasteiger partial charge < -0.3 is 18.8 Å². The fraction of sp³-hybridized carbons (Fsp3) is 0.375. The van der Waals surface area contributed by atoms with Crippen LogP contribution >= 0.6 is 0 Å². The standard InChI is InChI=1S/C24H27N3O5/c1-4-31-24(29)17-6-5-13-26(15-17)23(28)21-14-20(22-12-7-16(2)32-22)25-27(21)18-8-10-19(30-3)11-9-18/h7-12,14,17H,4-6,13,15H2,1-3H3. The maximum atomic E-state index is 13.6. The molecule has 32 heavy (non-hydrogen) atoms. The number of ether oxygens (including phenoxy) is 2. The second kappa shape index (κ2) is 9.30. The highest BCUT2D eigenvalue weighted by Crippen LogP contribution is 2.27. The van der Waals surface area contributed by atoms with Crippen LogP contribution in [0.5, 0.6) is 5.75 Å². The molecule has 8 nitrogen and oxygen atoms in total. The van der Waals surface area contributed by atoms with Gasteiger partial charge in [0.25, 0.3) is 5.91 Å². The van der Waals surface area contributed by atoms with Crippen LogP contribution < -0.4 is 4.74 Å². The maximum Gasteiger partial charge on any atom is 0.310 e. The molecule has 1 unspecified atom stereocenters. The van der Waals surface area contributed by atoms with E-state index in [0.717, 1.165) is 24.3 Å². The van der Waals surface area contributed by atoms with Crippen LogP contribution in [-0.2, 0) is 9.53 Å². The highest BCUT2D eigenvalue weighted by Gasteiger charge is 2.32. The number of aryl methyl sites for hydroxylation is 1. The number of aromatic nitrogens is 2. The molecule has 3 aromatic rings. The molecule has 0 N–H and O–H groups in total. The van der Waals surface area contributed by atoms with Crippen molar-refractivity contribution in [1.29, 1.82) is 0 Å². The number of furan rings is 1. The Morgan fingerprint density at radius 1 is 1.19 bits per heavy atom. The highest BCUT2D eigenvalue weighted by molar-refractivity contribution is 5.94. The lowest BCUT2D eigenvalue weighted by molar-refractivity contribution is -0.149. The van der Waals surface area contributed by atoms with Gasteiger partial charge in [0.2, 0.25) is 0 Å². The van der Waals surface area contributed by atoms with Gasteiger partial charge in [0.05, 0.1) is 25.3 Å². The number of esters is 1. The van der Waals surface area contributed by atoms with Crippen molar-refractivity contribution in [2.45, 2.75) is 26.7 Å². The van der Waals surface area contributed by atoms with E-state index in [1.165, 1.54) is 0 Å². The highest BCUT2D eigenvalue weighted by atomic mass is 16.5. The van der Waals surface area contributed by atoms with Crippen LogP contribution in [0, 0.1) is 12.8 Å². The van der Waals surface area contributed by atoms with Crippen molar-refractivity contribution in [2.24, 2.45) is 5.92 Å². The summed E-state index contributed by atoms with van der Waals surface area (Å²) in [6.07, 6.45) is 1.47. The van der Waals surface area contributed by atoms with Gasteiger partial charge in [0.1, 0.15) is 22.9 Å². The molecular weight excluding hydrogens is 410 g/mol. The van der Waals surface area contributed by atoms with Gasteiger partial charge in [0, 0.05) is 19.2 Å². The van der Waals surface area contributed by atoms with E-state index in [-0.39, 0.29) is 17.8 Å². The number of carbonyl (C=O) groups is 2. The number of benzene rings is 1.